The predicted octanol–water partition coefficient (Wildman–Crippen LogP) is 2.17. The molecule has 0 atom stereocenters. The van der Waals surface area contributed by atoms with Crippen LogP contribution in [0, 0.1) is 0 Å². The second kappa shape index (κ2) is 3.80. The molecule has 0 bridgehead atoms. The number of fused-ring (bicyclic) bond motifs is 1. The molecule has 0 spiro atoms. The van der Waals surface area contributed by atoms with Gasteiger partial charge in [0.05, 0.1) is 29.3 Å². The minimum absolute atomic E-state index is 0.0693. The average Bonchev–Trinajstić information content (AvgIpc) is 2.96. The standard InChI is InChI=1S/C13H12N4O/c1-8(18)13-14-6-11(16-13)9-3-4-12-10(5-9)15-7-17(12)2/h3-7H,1-2H3,(H,14,16). The number of carbonyl (C=O) groups is 1. The summed E-state index contributed by atoms with van der Waals surface area (Å²) in [7, 11) is 1.96. The van der Waals surface area contributed by atoms with Gasteiger partial charge in [0.25, 0.3) is 0 Å². The van der Waals surface area contributed by atoms with Gasteiger partial charge in [-0.1, -0.05) is 6.07 Å². The van der Waals surface area contributed by atoms with Crippen LogP contribution in [0.5, 0.6) is 0 Å². The highest BCUT2D eigenvalue weighted by Crippen LogP contribution is 2.22. The number of aryl methyl sites for hydroxylation is 1. The summed E-state index contributed by atoms with van der Waals surface area (Å²) in [5.74, 6) is 0.311. The number of rotatable bonds is 2. The molecule has 1 aromatic carbocycles. The molecule has 0 amide bonds. The van der Waals surface area contributed by atoms with Crippen LogP contribution >= 0.6 is 0 Å². The van der Waals surface area contributed by atoms with Gasteiger partial charge >= 0.3 is 0 Å². The molecule has 90 valence electrons. The molecule has 1 N–H and O–H groups in total. The fraction of sp³-hybridized carbons (Fsp3) is 0.154. The molecule has 2 heterocycles. The minimum atomic E-state index is -0.0693. The summed E-state index contributed by atoms with van der Waals surface area (Å²) in [6.45, 7) is 1.49. The van der Waals surface area contributed by atoms with Gasteiger partial charge in [-0.3, -0.25) is 4.79 Å². The van der Waals surface area contributed by atoms with Gasteiger partial charge < -0.3 is 9.55 Å². The first-order valence-corrected chi connectivity index (χ1v) is 5.62. The Kier molecular flexibility index (Phi) is 2.26. The number of aromatic amines is 1. The third kappa shape index (κ3) is 1.60. The molecule has 0 saturated carbocycles. The smallest absolute Gasteiger partial charge is 0.194 e. The van der Waals surface area contributed by atoms with Crippen LogP contribution in [0.15, 0.2) is 30.7 Å². The third-order valence-corrected chi connectivity index (χ3v) is 2.95. The second-order valence-electron chi connectivity index (χ2n) is 4.26. The van der Waals surface area contributed by atoms with E-state index in [4.69, 9.17) is 0 Å². The van der Waals surface area contributed by atoms with Crippen LogP contribution in [-0.4, -0.2) is 25.3 Å². The van der Waals surface area contributed by atoms with E-state index in [0.717, 1.165) is 22.3 Å². The lowest BCUT2D eigenvalue weighted by atomic mass is 10.1. The molecule has 0 fully saturated rings. The van der Waals surface area contributed by atoms with E-state index in [9.17, 15) is 4.79 Å². The molecule has 0 saturated heterocycles. The quantitative estimate of drug-likeness (QED) is 0.698. The molecular formula is C13H12N4O. The molecule has 18 heavy (non-hydrogen) atoms. The Balaban J connectivity index is 2.10. The Morgan fingerprint density at radius 2 is 2.17 bits per heavy atom. The Hall–Kier alpha value is -2.43. The van der Waals surface area contributed by atoms with E-state index in [1.807, 2.05) is 29.8 Å². The highest BCUT2D eigenvalue weighted by Gasteiger charge is 2.08. The van der Waals surface area contributed by atoms with E-state index < -0.39 is 0 Å². The molecule has 5 heteroatoms. The third-order valence-electron chi connectivity index (χ3n) is 2.95. The molecule has 0 aliphatic heterocycles. The molecule has 0 radical (unpaired) electrons. The van der Waals surface area contributed by atoms with E-state index in [2.05, 4.69) is 15.0 Å². The largest absolute Gasteiger partial charge is 0.336 e. The normalized spacial score (nSPS) is 11.0. The fourth-order valence-corrected chi connectivity index (χ4v) is 1.95. The Morgan fingerprint density at radius 1 is 1.33 bits per heavy atom. The molecule has 0 unspecified atom stereocenters. The van der Waals surface area contributed by atoms with E-state index in [1.165, 1.54) is 6.92 Å². The van der Waals surface area contributed by atoms with Gasteiger partial charge in [0.15, 0.2) is 11.6 Å². The Morgan fingerprint density at radius 3 is 2.89 bits per heavy atom. The lowest BCUT2D eigenvalue weighted by Crippen LogP contribution is -1.94. The number of nitrogens with zero attached hydrogens (tertiary/aromatic N) is 3. The van der Waals surface area contributed by atoms with Crippen LogP contribution in [-0.2, 0) is 7.05 Å². The van der Waals surface area contributed by atoms with Crippen molar-refractivity contribution in [1.82, 2.24) is 19.5 Å². The number of carbonyl (C=O) groups excluding carboxylic acids is 1. The van der Waals surface area contributed by atoms with Gasteiger partial charge in [-0.15, -0.1) is 0 Å². The monoisotopic (exact) mass is 240 g/mol. The second-order valence-corrected chi connectivity index (χ2v) is 4.26. The van der Waals surface area contributed by atoms with Crippen molar-refractivity contribution in [3.8, 4) is 11.3 Å². The van der Waals surface area contributed by atoms with Crippen molar-refractivity contribution in [2.45, 2.75) is 6.92 Å². The van der Waals surface area contributed by atoms with E-state index in [1.54, 1.807) is 12.5 Å². The summed E-state index contributed by atoms with van der Waals surface area (Å²) >= 11 is 0. The topological polar surface area (TPSA) is 63.6 Å². The zero-order chi connectivity index (χ0) is 12.7. The van der Waals surface area contributed by atoms with Crippen LogP contribution in [0.4, 0.5) is 0 Å². The van der Waals surface area contributed by atoms with Crippen molar-refractivity contribution in [3.05, 3.63) is 36.5 Å². The number of nitrogens with one attached hydrogen (secondary N) is 1. The van der Waals surface area contributed by atoms with E-state index in [0.29, 0.717) is 5.82 Å². The van der Waals surface area contributed by atoms with Crippen LogP contribution in [0.2, 0.25) is 0 Å². The lowest BCUT2D eigenvalue weighted by Gasteiger charge is -1.98. The first-order chi connectivity index (χ1) is 8.65. The summed E-state index contributed by atoms with van der Waals surface area (Å²) < 4.78 is 1.97. The van der Waals surface area contributed by atoms with Gasteiger partial charge in [-0.25, -0.2) is 9.97 Å². The van der Waals surface area contributed by atoms with Gasteiger partial charge in [0.2, 0.25) is 0 Å². The van der Waals surface area contributed by atoms with Gasteiger partial charge in [0, 0.05) is 19.5 Å². The predicted molar refractivity (Wildman–Crippen MR) is 68.3 cm³/mol. The number of H-pyrrole nitrogens is 1. The van der Waals surface area contributed by atoms with Gasteiger partial charge in [-0.2, -0.15) is 0 Å². The molecule has 3 aromatic rings. The van der Waals surface area contributed by atoms with Crippen LogP contribution in [0.25, 0.3) is 22.3 Å². The number of hydrogen-bond acceptors (Lipinski definition) is 3. The summed E-state index contributed by atoms with van der Waals surface area (Å²) in [6.07, 6.45) is 3.45. The van der Waals surface area contributed by atoms with Crippen molar-refractivity contribution in [2.24, 2.45) is 7.05 Å². The highest BCUT2D eigenvalue weighted by atomic mass is 16.1. The number of aromatic nitrogens is 4. The maximum atomic E-state index is 11.2. The Bertz CT molecular complexity index is 738. The molecule has 0 aliphatic rings. The number of benzene rings is 1. The molecule has 0 aliphatic carbocycles. The zero-order valence-electron chi connectivity index (χ0n) is 10.1. The van der Waals surface area contributed by atoms with Gasteiger partial charge in [0.1, 0.15) is 0 Å². The van der Waals surface area contributed by atoms with Crippen molar-refractivity contribution in [2.75, 3.05) is 0 Å². The average molecular weight is 240 g/mol. The van der Waals surface area contributed by atoms with Gasteiger partial charge in [-0.05, 0) is 12.1 Å². The molecule has 5 nitrogen and oxygen atoms in total. The Labute approximate surface area is 103 Å². The zero-order valence-corrected chi connectivity index (χ0v) is 10.1. The van der Waals surface area contributed by atoms with Crippen LogP contribution in [0.3, 0.4) is 0 Å². The molecule has 3 rings (SSSR count). The van der Waals surface area contributed by atoms with Crippen molar-refractivity contribution >= 4 is 16.8 Å². The van der Waals surface area contributed by atoms with Crippen LogP contribution < -0.4 is 0 Å². The number of ketones is 1. The summed E-state index contributed by atoms with van der Waals surface area (Å²) in [4.78, 5) is 22.6. The molecular weight excluding hydrogens is 228 g/mol. The maximum absolute atomic E-state index is 11.2. The number of hydrogen-bond donors (Lipinski definition) is 1. The van der Waals surface area contributed by atoms with Crippen molar-refractivity contribution in [1.29, 1.82) is 0 Å². The SMILES string of the molecule is CC(=O)c1ncc(-c2ccc3c(c2)ncn3C)[nH]1. The number of imidazole rings is 2. The van der Waals surface area contributed by atoms with E-state index in [-0.39, 0.29) is 5.78 Å². The fourth-order valence-electron chi connectivity index (χ4n) is 1.95. The summed E-state index contributed by atoms with van der Waals surface area (Å²) in [6, 6.07) is 5.97. The number of Topliss-reactive ketones (excluding diaryl/α,β-unsaturated/α-hetero) is 1. The molecule has 2 aromatic heterocycles. The van der Waals surface area contributed by atoms with E-state index >= 15 is 0 Å². The van der Waals surface area contributed by atoms with Crippen molar-refractivity contribution < 1.29 is 4.79 Å². The summed E-state index contributed by atoms with van der Waals surface area (Å²) in [5.41, 5.74) is 3.80. The minimum Gasteiger partial charge on any atom is -0.336 e. The lowest BCUT2D eigenvalue weighted by molar-refractivity contribution is 0.100. The first kappa shape index (κ1) is 10.7. The maximum Gasteiger partial charge on any atom is 0.194 e. The van der Waals surface area contributed by atoms with Crippen molar-refractivity contribution in [3.63, 3.8) is 0 Å². The van der Waals surface area contributed by atoms with Crippen LogP contribution in [0.1, 0.15) is 17.5 Å². The summed E-state index contributed by atoms with van der Waals surface area (Å²) in [5, 5.41) is 0. The highest BCUT2D eigenvalue weighted by molar-refractivity contribution is 5.91. The first-order valence-electron chi connectivity index (χ1n) is 5.62.